The highest BCUT2D eigenvalue weighted by atomic mass is 32.2. The summed E-state index contributed by atoms with van der Waals surface area (Å²) in [6.07, 6.45) is 2.12. The fourth-order valence-corrected chi connectivity index (χ4v) is 4.90. The molecule has 2 aromatic carbocycles. The van der Waals surface area contributed by atoms with E-state index in [1.807, 2.05) is 0 Å². The minimum atomic E-state index is -1.10. The maximum Gasteiger partial charge on any atom is 0.327 e. The summed E-state index contributed by atoms with van der Waals surface area (Å²) in [6.45, 7) is 2.39. The molecular formula is C27H27FN6O6S. The van der Waals surface area contributed by atoms with E-state index in [0.717, 1.165) is 34.6 Å². The topological polar surface area (TPSA) is 161 Å². The number of rotatable bonds is 11. The lowest BCUT2D eigenvalue weighted by Gasteiger charge is -2.30. The molecule has 214 valence electrons. The Morgan fingerprint density at radius 1 is 1.27 bits per heavy atom. The number of non-ortho nitro benzene ring substituents is 1. The van der Waals surface area contributed by atoms with E-state index < -0.39 is 34.6 Å². The molecule has 0 fully saturated rings. The third-order valence-electron chi connectivity index (χ3n) is 6.38. The van der Waals surface area contributed by atoms with Crippen LogP contribution in [0.3, 0.4) is 0 Å². The van der Waals surface area contributed by atoms with Crippen molar-refractivity contribution in [2.24, 2.45) is 0 Å². The first kappa shape index (κ1) is 29.4. The Labute approximate surface area is 238 Å². The third-order valence-corrected chi connectivity index (χ3v) is 7.03. The molecule has 0 radical (unpaired) electrons. The number of halogens is 1. The summed E-state index contributed by atoms with van der Waals surface area (Å²) in [4.78, 5) is 51.2. The Kier molecular flexibility index (Phi) is 9.45. The molecule has 12 nitrogen and oxygen atoms in total. The zero-order chi connectivity index (χ0) is 29.5. The molecule has 0 unspecified atom stereocenters. The number of aromatic nitrogens is 2. The Hall–Kier alpha value is -4.59. The molecule has 1 aliphatic rings. The zero-order valence-electron chi connectivity index (χ0n) is 22.0. The van der Waals surface area contributed by atoms with E-state index in [0.29, 0.717) is 23.4 Å². The van der Waals surface area contributed by atoms with Crippen LogP contribution in [0.15, 0.2) is 53.6 Å². The van der Waals surface area contributed by atoms with Crippen molar-refractivity contribution in [3.63, 3.8) is 0 Å². The van der Waals surface area contributed by atoms with Gasteiger partial charge in [-0.3, -0.25) is 29.2 Å². The van der Waals surface area contributed by atoms with Crippen molar-refractivity contribution in [3.8, 4) is 0 Å². The third kappa shape index (κ3) is 7.33. The number of nitrogens with one attached hydrogen (secondary N) is 2. The molecular weight excluding hydrogens is 555 g/mol. The van der Waals surface area contributed by atoms with E-state index in [2.05, 4.69) is 10.4 Å². The number of thioether (sulfide) groups is 1. The van der Waals surface area contributed by atoms with Crippen LogP contribution in [0, 0.1) is 21.3 Å². The number of nitrogens with zero attached hydrogens (tertiary/aromatic N) is 4. The van der Waals surface area contributed by atoms with E-state index in [9.17, 15) is 28.9 Å². The summed E-state index contributed by atoms with van der Waals surface area (Å²) >= 11 is 0.983. The lowest BCUT2D eigenvalue weighted by atomic mass is 10.0. The maximum absolute atomic E-state index is 14.7. The van der Waals surface area contributed by atoms with E-state index >= 15 is 0 Å². The normalized spacial score (nSPS) is 13.2. The first-order valence-corrected chi connectivity index (χ1v) is 13.6. The Morgan fingerprint density at radius 2 is 2.02 bits per heavy atom. The average molecular weight is 583 g/mol. The number of amides is 2. The SMILES string of the molecule is CCOC(=O)Cn1cc2c(n1)CCN(C(=O)[C@H](Cc1ccc([N+](=O)[O-])cc1)NC(=O)c1ccc(SC=N)cc1F)C2. The molecule has 1 atom stereocenters. The number of carbonyl (C=O) groups is 3. The number of hydrogen-bond acceptors (Lipinski definition) is 9. The molecule has 2 N–H and O–H groups in total. The molecule has 1 aromatic heterocycles. The number of fused-ring (bicyclic) bond motifs is 1. The van der Waals surface area contributed by atoms with Crippen LogP contribution in [0.25, 0.3) is 0 Å². The Balaban J connectivity index is 1.54. The van der Waals surface area contributed by atoms with Crippen LogP contribution in [0.4, 0.5) is 10.1 Å². The van der Waals surface area contributed by atoms with Gasteiger partial charge in [-0.15, -0.1) is 0 Å². The minimum Gasteiger partial charge on any atom is -0.465 e. The maximum atomic E-state index is 14.7. The average Bonchev–Trinajstić information content (AvgIpc) is 3.34. The predicted octanol–water partition coefficient (Wildman–Crippen LogP) is 3.12. The second kappa shape index (κ2) is 13.2. The van der Waals surface area contributed by atoms with Gasteiger partial charge >= 0.3 is 5.97 Å². The predicted molar refractivity (Wildman–Crippen MR) is 147 cm³/mol. The lowest BCUT2D eigenvalue weighted by molar-refractivity contribution is -0.384. The second-order valence-electron chi connectivity index (χ2n) is 9.14. The highest BCUT2D eigenvalue weighted by Crippen LogP contribution is 2.22. The van der Waals surface area contributed by atoms with Crippen molar-refractivity contribution >= 4 is 40.8 Å². The van der Waals surface area contributed by atoms with Crippen LogP contribution in [0.2, 0.25) is 0 Å². The summed E-state index contributed by atoms with van der Waals surface area (Å²) in [5, 5.41) is 25.3. The molecule has 0 bridgehead atoms. The fraction of sp³-hybridized carbons (Fsp3) is 0.296. The number of carbonyl (C=O) groups excluding carboxylic acids is 3. The fourth-order valence-electron chi connectivity index (χ4n) is 4.45. The van der Waals surface area contributed by atoms with Gasteiger partial charge in [0, 0.05) is 54.7 Å². The summed E-state index contributed by atoms with van der Waals surface area (Å²) in [5.74, 6) is -2.44. The van der Waals surface area contributed by atoms with E-state index in [1.54, 1.807) is 18.0 Å². The Bertz CT molecular complexity index is 1480. The van der Waals surface area contributed by atoms with Crippen molar-refractivity contribution in [3.05, 3.63) is 87.0 Å². The van der Waals surface area contributed by atoms with Gasteiger partial charge < -0.3 is 20.4 Å². The molecule has 0 spiro atoms. The van der Waals surface area contributed by atoms with Crippen LogP contribution >= 0.6 is 11.8 Å². The molecule has 0 aliphatic carbocycles. The first-order valence-electron chi connectivity index (χ1n) is 12.7. The van der Waals surface area contributed by atoms with Gasteiger partial charge in [0.1, 0.15) is 18.4 Å². The van der Waals surface area contributed by atoms with Crippen molar-refractivity contribution in [2.75, 3.05) is 13.2 Å². The van der Waals surface area contributed by atoms with Gasteiger partial charge in [0.05, 0.1) is 28.3 Å². The van der Waals surface area contributed by atoms with Crippen molar-refractivity contribution in [1.82, 2.24) is 20.0 Å². The number of nitro benzene ring substituents is 1. The van der Waals surface area contributed by atoms with Gasteiger partial charge in [0.15, 0.2) is 0 Å². The molecule has 1 aliphatic heterocycles. The summed E-state index contributed by atoms with van der Waals surface area (Å²) in [6, 6.07) is 8.44. The number of nitro groups is 1. The van der Waals surface area contributed by atoms with Gasteiger partial charge in [-0.25, -0.2) is 4.39 Å². The minimum absolute atomic E-state index is 0.0113. The van der Waals surface area contributed by atoms with Crippen molar-refractivity contribution in [1.29, 1.82) is 5.41 Å². The van der Waals surface area contributed by atoms with Gasteiger partial charge in [-0.1, -0.05) is 23.9 Å². The molecule has 14 heteroatoms. The van der Waals surface area contributed by atoms with Crippen LogP contribution in [-0.2, 0) is 40.3 Å². The molecule has 3 aromatic rings. The van der Waals surface area contributed by atoms with Crippen molar-refractivity contribution in [2.45, 2.75) is 43.8 Å². The van der Waals surface area contributed by atoms with Crippen molar-refractivity contribution < 1.29 is 28.4 Å². The highest BCUT2D eigenvalue weighted by Gasteiger charge is 2.31. The molecule has 0 saturated carbocycles. The van der Waals surface area contributed by atoms with E-state index in [-0.39, 0.29) is 37.4 Å². The lowest BCUT2D eigenvalue weighted by Crippen LogP contribution is -2.51. The number of ether oxygens (including phenoxy) is 1. The molecule has 41 heavy (non-hydrogen) atoms. The van der Waals surface area contributed by atoms with Crippen LogP contribution < -0.4 is 5.32 Å². The second-order valence-corrected chi connectivity index (χ2v) is 10.1. The molecule has 2 amide bonds. The summed E-state index contributed by atoms with van der Waals surface area (Å²) < 4.78 is 21.2. The van der Waals surface area contributed by atoms with Gasteiger partial charge in [0.2, 0.25) is 5.91 Å². The molecule has 4 rings (SSSR count). The largest absolute Gasteiger partial charge is 0.465 e. The number of hydrogen-bond donors (Lipinski definition) is 2. The van der Waals surface area contributed by atoms with Crippen LogP contribution in [0.5, 0.6) is 0 Å². The van der Waals surface area contributed by atoms with Gasteiger partial charge in [0.25, 0.3) is 11.6 Å². The molecule has 0 saturated heterocycles. The smallest absolute Gasteiger partial charge is 0.327 e. The van der Waals surface area contributed by atoms with Gasteiger partial charge in [-0.2, -0.15) is 5.10 Å². The monoisotopic (exact) mass is 582 g/mol. The summed E-state index contributed by atoms with van der Waals surface area (Å²) in [5.41, 5.74) is 2.72. The number of esters is 1. The summed E-state index contributed by atoms with van der Waals surface area (Å²) in [7, 11) is 0. The first-order chi connectivity index (χ1) is 19.7. The quantitative estimate of drug-likeness (QED) is 0.0871. The van der Waals surface area contributed by atoms with E-state index in [4.69, 9.17) is 10.1 Å². The van der Waals surface area contributed by atoms with Crippen LogP contribution in [-0.4, -0.2) is 62.1 Å². The van der Waals surface area contributed by atoms with Gasteiger partial charge in [-0.05, 0) is 30.7 Å². The zero-order valence-corrected chi connectivity index (χ0v) is 22.9. The molecule has 2 heterocycles. The van der Waals surface area contributed by atoms with E-state index in [1.165, 1.54) is 41.1 Å². The highest BCUT2D eigenvalue weighted by molar-refractivity contribution is 8.12. The van der Waals surface area contributed by atoms with Crippen LogP contribution in [0.1, 0.15) is 34.1 Å². The standard InChI is InChI=1S/C27H27FN6O6S/c1-2-40-25(35)15-33-14-18-13-32(10-9-23(18)31-33)27(37)24(11-17-3-5-19(6-4-17)34(38)39)30-26(36)21-8-7-20(41-16-29)12-22(21)28/h3-8,12,14,16,24,29H,2,9-11,13,15H2,1H3,(H,30,36)/t24-/m0/s1. The Morgan fingerprint density at radius 3 is 2.68 bits per heavy atom. The number of benzene rings is 2.